The van der Waals surface area contributed by atoms with Gasteiger partial charge in [-0.3, -0.25) is 10.6 Å². The van der Waals surface area contributed by atoms with Crippen LogP contribution in [0.25, 0.3) is 0 Å². The standard InChI is InChI=1S/C12H14N4O2/c1-8-2-3-10(11(6-8)16-13)12(17)14-7-9-4-5-15-18-9/h2-6,16H,7,13H2,1H3,(H,14,17). The first-order valence-electron chi connectivity index (χ1n) is 5.45. The number of nitrogens with two attached hydrogens (primary N) is 1. The van der Waals surface area contributed by atoms with Gasteiger partial charge in [-0.2, -0.15) is 0 Å². The van der Waals surface area contributed by atoms with Crippen LogP contribution in [0.2, 0.25) is 0 Å². The highest BCUT2D eigenvalue weighted by molar-refractivity contribution is 5.99. The van der Waals surface area contributed by atoms with E-state index < -0.39 is 0 Å². The number of hydrazine groups is 1. The summed E-state index contributed by atoms with van der Waals surface area (Å²) in [5.41, 5.74) is 4.61. The Hall–Kier alpha value is -2.34. The molecule has 0 atom stereocenters. The van der Waals surface area contributed by atoms with Crippen LogP contribution in [0, 0.1) is 6.92 Å². The van der Waals surface area contributed by atoms with E-state index in [-0.39, 0.29) is 12.5 Å². The summed E-state index contributed by atoms with van der Waals surface area (Å²) < 4.78 is 4.89. The second kappa shape index (κ2) is 5.33. The third-order valence-corrected chi connectivity index (χ3v) is 2.49. The summed E-state index contributed by atoms with van der Waals surface area (Å²) in [6.45, 7) is 2.22. The number of nitrogens with one attached hydrogen (secondary N) is 2. The summed E-state index contributed by atoms with van der Waals surface area (Å²) in [7, 11) is 0. The summed E-state index contributed by atoms with van der Waals surface area (Å²) in [6, 6.07) is 7.07. The number of aromatic nitrogens is 1. The second-order valence-corrected chi connectivity index (χ2v) is 3.85. The van der Waals surface area contributed by atoms with Gasteiger partial charge in [0.2, 0.25) is 0 Å². The van der Waals surface area contributed by atoms with Crippen LogP contribution in [-0.4, -0.2) is 11.1 Å². The van der Waals surface area contributed by atoms with Crippen molar-refractivity contribution < 1.29 is 9.32 Å². The number of carbonyl (C=O) groups is 1. The fourth-order valence-corrected chi connectivity index (χ4v) is 1.57. The Morgan fingerprint density at radius 2 is 2.28 bits per heavy atom. The Bertz CT molecular complexity index is 537. The van der Waals surface area contributed by atoms with Crippen molar-refractivity contribution in [3.05, 3.63) is 47.3 Å². The van der Waals surface area contributed by atoms with Crippen LogP contribution in [0.15, 0.2) is 35.0 Å². The molecule has 1 amide bonds. The van der Waals surface area contributed by atoms with Crippen molar-refractivity contribution in [1.29, 1.82) is 0 Å². The van der Waals surface area contributed by atoms with Crippen LogP contribution in [0.5, 0.6) is 0 Å². The summed E-state index contributed by atoms with van der Waals surface area (Å²) in [5.74, 6) is 5.76. The maximum atomic E-state index is 12.0. The van der Waals surface area contributed by atoms with Crippen LogP contribution in [-0.2, 0) is 6.54 Å². The molecule has 2 rings (SSSR count). The minimum Gasteiger partial charge on any atom is -0.360 e. The van der Waals surface area contributed by atoms with Crippen molar-refractivity contribution in [2.24, 2.45) is 5.84 Å². The van der Waals surface area contributed by atoms with E-state index in [1.165, 1.54) is 6.20 Å². The van der Waals surface area contributed by atoms with Crippen molar-refractivity contribution in [2.75, 3.05) is 5.43 Å². The van der Waals surface area contributed by atoms with Crippen molar-refractivity contribution >= 4 is 11.6 Å². The lowest BCUT2D eigenvalue weighted by atomic mass is 10.1. The summed E-state index contributed by atoms with van der Waals surface area (Å²) in [4.78, 5) is 12.0. The Balaban J connectivity index is 2.09. The van der Waals surface area contributed by atoms with Gasteiger partial charge in [-0.05, 0) is 24.6 Å². The second-order valence-electron chi connectivity index (χ2n) is 3.85. The maximum Gasteiger partial charge on any atom is 0.253 e. The predicted octanol–water partition coefficient (Wildman–Crippen LogP) is 1.20. The topological polar surface area (TPSA) is 93.2 Å². The SMILES string of the molecule is Cc1ccc(C(=O)NCc2ccno2)c(NN)c1. The average Bonchev–Trinajstić information content (AvgIpc) is 2.88. The van der Waals surface area contributed by atoms with E-state index in [2.05, 4.69) is 15.9 Å². The van der Waals surface area contributed by atoms with E-state index in [1.807, 2.05) is 19.1 Å². The Morgan fingerprint density at radius 3 is 2.94 bits per heavy atom. The molecule has 4 N–H and O–H groups in total. The molecule has 0 fully saturated rings. The van der Waals surface area contributed by atoms with Crippen molar-refractivity contribution in [3.63, 3.8) is 0 Å². The molecular formula is C12H14N4O2. The first-order chi connectivity index (χ1) is 8.70. The zero-order valence-corrected chi connectivity index (χ0v) is 9.93. The zero-order chi connectivity index (χ0) is 13.0. The van der Waals surface area contributed by atoms with Gasteiger partial charge < -0.3 is 15.3 Å². The van der Waals surface area contributed by atoms with E-state index in [0.29, 0.717) is 17.0 Å². The van der Waals surface area contributed by atoms with Gasteiger partial charge in [-0.25, -0.2) is 0 Å². The van der Waals surface area contributed by atoms with Gasteiger partial charge in [0, 0.05) is 6.07 Å². The van der Waals surface area contributed by atoms with E-state index >= 15 is 0 Å². The van der Waals surface area contributed by atoms with Crippen LogP contribution in [0.1, 0.15) is 21.7 Å². The minimum atomic E-state index is -0.223. The maximum absolute atomic E-state index is 12.0. The molecule has 18 heavy (non-hydrogen) atoms. The van der Waals surface area contributed by atoms with E-state index in [0.717, 1.165) is 5.56 Å². The highest BCUT2D eigenvalue weighted by atomic mass is 16.5. The molecule has 0 radical (unpaired) electrons. The third-order valence-electron chi connectivity index (χ3n) is 2.49. The lowest BCUT2D eigenvalue weighted by Gasteiger charge is -2.09. The molecule has 0 saturated heterocycles. The molecule has 6 heteroatoms. The number of aryl methyl sites for hydroxylation is 1. The van der Waals surface area contributed by atoms with Gasteiger partial charge in [-0.15, -0.1) is 0 Å². The molecule has 0 unspecified atom stereocenters. The van der Waals surface area contributed by atoms with Gasteiger partial charge in [0.15, 0.2) is 5.76 Å². The van der Waals surface area contributed by atoms with Crippen molar-refractivity contribution in [1.82, 2.24) is 10.5 Å². The minimum absolute atomic E-state index is 0.223. The van der Waals surface area contributed by atoms with Crippen molar-refractivity contribution in [3.8, 4) is 0 Å². The number of nitrogens with zero attached hydrogens (tertiary/aromatic N) is 1. The Kier molecular flexibility index (Phi) is 3.59. The summed E-state index contributed by atoms with van der Waals surface area (Å²) in [6.07, 6.45) is 1.53. The normalized spacial score (nSPS) is 10.1. The number of nitrogen functional groups attached to an aromatic ring is 1. The molecule has 94 valence electrons. The number of amides is 1. The molecule has 0 aliphatic rings. The summed E-state index contributed by atoms with van der Waals surface area (Å²) >= 11 is 0. The lowest BCUT2D eigenvalue weighted by molar-refractivity contribution is 0.0948. The number of benzene rings is 1. The molecule has 0 bridgehead atoms. The highest BCUT2D eigenvalue weighted by Crippen LogP contribution is 2.16. The number of hydrogen-bond donors (Lipinski definition) is 3. The number of hydrogen-bond acceptors (Lipinski definition) is 5. The van der Waals surface area contributed by atoms with Crippen LogP contribution >= 0.6 is 0 Å². The largest absolute Gasteiger partial charge is 0.360 e. The number of anilines is 1. The highest BCUT2D eigenvalue weighted by Gasteiger charge is 2.11. The van der Waals surface area contributed by atoms with E-state index in [4.69, 9.17) is 10.4 Å². The molecular weight excluding hydrogens is 232 g/mol. The van der Waals surface area contributed by atoms with Crippen LogP contribution in [0.4, 0.5) is 5.69 Å². The molecule has 0 aliphatic carbocycles. The zero-order valence-electron chi connectivity index (χ0n) is 9.93. The first-order valence-corrected chi connectivity index (χ1v) is 5.45. The van der Waals surface area contributed by atoms with Gasteiger partial charge in [0.1, 0.15) is 0 Å². The number of rotatable bonds is 4. The molecule has 1 heterocycles. The fourth-order valence-electron chi connectivity index (χ4n) is 1.57. The molecule has 6 nitrogen and oxygen atoms in total. The fraction of sp³-hybridized carbons (Fsp3) is 0.167. The van der Waals surface area contributed by atoms with Gasteiger partial charge in [-0.1, -0.05) is 11.2 Å². The predicted molar refractivity (Wildman–Crippen MR) is 66.7 cm³/mol. The summed E-state index contributed by atoms with van der Waals surface area (Å²) in [5, 5.41) is 6.29. The quantitative estimate of drug-likeness (QED) is 0.556. The van der Waals surface area contributed by atoms with E-state index in [1.54, 1.807) is 12.1 Å². The molecule has 1 aromatic heterocycles. The number of carbonyl (C=O) groups excluding carboxylic acids is 1. The molecule has 0 aliphatic heterocycles. The molecule has 2 aromatic rings. The first kappa shape index (κ1) is 12.1. The van der Waals surface area contributed by atoms with Gasteiger partial charge >= 0.3 is 0 Å². The van der Waals surface area contributed by atoms with Crippen molar-refractivity contribution in [2.45, 2.75) is 13.5 Å². The van der Waals surface area contributed by atoms with E-state index in [9.17, 15) is 4.79 Å². The van der Waals surface area contributed by atoms with Crippen LogP contribution < -0.4 is 16.6 Å². The average molecular weight is 246 g/mol. The smallest absolute Gasteiger partial charge is 0.253 e. The van der Waals surface area contributed by atoms with Gasteiger partial charge in [0.05, 0.1) is 24.0 Å². The lowest BCUT2D eigenvalue weighted by Crippen LogP contribution is -2.24. The Labute approximate surface area is 104 Å². The van der Waals surface area contributed by atoms with Gasteiger partial charge in [0.25, 0.3) is 5.91 Å². The molecule has 0 saturated carbocycles. The monoisotopic (exact) mass is 246 g/mol. The molecule has 0 spiro atoms. The molecule has 1 aromatic carbocycles. The third kappa shape index (κ3) is 2.67. The van der Waals surface area contributed by atoms with Crippen LogP contribution in [0.3, 0.4) is 0 Å². The Morgan fingerprint density at radius 1 is 1.44 bits per heavy atom.